The van der Waals surface area contributed by atoms with E-state index in [4.69, 9.17) is 9.31 Å². The van der Waals surface area contributed by atoms with Crippen LogP contribution in [0.2, 0.25) is 0 Å². The first-order valence-corrected chi connectivity index (χ1v) is 8.52. The van der Waals surface area contributed by atoms with E-state index in [2.05, 4.69) is 15.9 Å². The summed E-state index contributed by atoms with van der Waals surface area (Å²) in [6.45, 7) is 7.81. The maximum Gasteiger partial charge on any atom is 0.497 e. The van der Waals surface area contributed by atoms with Crippen LogP contribution >= 0.6 is 15.9 Å². The lowest BCUT2D eigenvalue weighted by Gasteiger charge is -2.32. The summed E-state index contributed by atoms with van der Waals surface area (Å²) in [5, 5.41) is 0. The van der Waals surface area contributed by atoms with E-state index >= 15 is 0 Å². The van der Waals surface area contributed by atoms with Crippen LogP contribution in [0.5, 0.6) is 0 Å². The van der Waals surface area contributed by atoms with Crippen molar-refractivity contribution >= 4 is 38.5 Å². The van der Waals surface area contributed by atoms with Crippen LogP contribution in [0.3, 0.4) is 0 Å². The number of rotatable bonds is 2. The van der Waals surface area contributed by atoms with Crippen molar-refractivity contribution < 1.29 is 17.7 Å². The summed E-state index contributed by atoms with van der Waals surface area (Å²) >= 11 is 3.35. The molecule has 1 aromatic heterocycles. The lowest BCUT2D eigenvalue weighted by molar-refractivity contribution is 0.00578. The Hall–Kier alpha value is -0.305. The van der Waals surface area contributed by atoms with Gasteiger partial charge in [0.05, 0.1) is 17.5 Å². The number of nitrogens with zero attached hydrogens (tertiary/aromatic N) is 1. The monoisotopic (exact) mass is 349 g/mol. The molecule has 5 nitrogen and oxygen atoms in total. The Morgan fingerprint density at radius 1 is 1.16 bits per heavy atom. The van der Waals surface area contributed by atoms with Crippen LogP contribution in [-0.2, 0) is 19.3 Å². The van der Waals surface area contributed by atoms with Gasteiger partial charge in [0.2, 0.25) is 10.0 Å². The fraction of sp³-hybridized carbons (Fsp3) is 0.636. The second-order valence-electron chi connectivity index (χ2n) is 5.74. The molecule has 1 aromatic rings. The Balaban J connectivity index is 2.38. The van der Waals surface area contributed by atoms with E-state index in [1.807, 2.05) is 27.7 Å². The Labute approximate surface area is 122 Å². The summed E-state index contributed by atoms with van der Waals surface area (Å²) in [6, 6.07) is 0. The molecule has 1 aliphatic rings. The summed E-state index contributed by atoms with van der Waals surface area (Å²) in [6.07, 6.45) is 4.16. The Kier molecular flexibility index (Phi) is 3.45. The average molecular weight is 350 g/mol. The SMILES string of the molecule is CC1(C)OB(c2cn(S(C)(=O)=O)cc2Br)OC1(C)C. The van der Waals surface area contributed by atoms with Crippen molar-refractivity contribution in [3.8, 4) is 0 Å². The second kappa shape index (κ2) is 4.34. The van der Waals surface area contributed by atoms with E-state index in [1.54, 1.807) is 0 Å². The minimum absolute atomic E-state index is 0.454. The molecule has 19 heavy (non-hydrogen) atoms. The largest absolute Gasteiger partial charge is 0.497 e. The molecule has 0 N–H and O–H groups in total. The Morgan fingerprint density at radius 2 is 1.63 bits per heavy atom. The summed E-state index contributed by atoms with van der Waals surface area (Å²) in [5.41, 5.74) is -0.238. The highest BCUT2D eigenvalue weighted by Crippen LogP contribution is 2.37. The predicted molar refractivity (Wildman–Crippen MR) is 78.1 cm³/mol. The molecule has 0 aliphatic carbocycles. The number of hydrogen-bond donors (Lipinski definition) is 0. The molecule has 0 aromatic carbocycles. The van der Waals surface area contributed by atoms with Crippen molar-refractivity contribution in [3.05, 3.63) is 16.9 Å². The zero-order chi connectivity index (χ0) is 14.6. The minimum atomic E-state index is -3.32. The molecule has 1 saturated heterocycles. The van der Waals surface area contributed by atoms with Crippen molar-refractivity contribution in [2.24, 2.45) is 0 Å². The van der Waals surface area contributed by atoms with E-state index < -0.39 is 28.3 Å². The molecule has 0 atom stereocenters. The van der Waals surface area contributed by atoms with Crippen molar-refractivity contribution in [2.75, 3.05) is 6.26 Å². The Bertz CT molecular complexity index is 592. The highest BCUT2D eigenvalue weighted by atomic mass is 79.9. The van der Waals surface area contributed by atoms with Crippen molar-refractivity contribution in [1.82, 2.24) is 3.97 Å². The van der Waals surface area contributed by atoms with E-state index in [0.29, 0.717) is 9.94 Å². The highest BCUT2D eigenvalue weighted by molar-refractivity contribution is 9.10. The average Bonchev–Trinajstić information content (AvgIpc) is 2.65. The van der Waals surface area contributed by atoms with Gasteiger partial charge < -0.3 is 9.31 Å². The van der Waals surface area contributed by atoms with Crippen LogP contribution in [0, 0.1) is 0 Å². The van der Waals surface area contributed by atoms with Crippen molar-refractivity contribution in [3.63, 3.8) is 0 Å². The molecule has 106 valence electrons. The third kappa shape index (κ3) is 2.63. The standard InChI is InChI=1S/C11H17BBrNO4S/c1-10(2)11(3,4)18-12(17-10)8-6-14(7-9(8)13)19(5,15)16/h6-7H,1-5H3. The second-order valence-corrected chi connectivity index (χ2v) is 8.48. The molecule has 0 radical (unpaired) electrons. The van der Waals surface area contributed by atoms with Crippen molar-refractivity contribution in [2.45, 2.75) is 38.9 Å². The van der Waals surface area contributed by atoms with Crippen LogP contribution in [-0.4, -0.2) is 37.0 Å². The molecule has 0 saturated carbocycles. The van der Waals surface area contributed by atoms with Crippen LogP contribution in [0.4, 0.5) is 0 Å². The lowest BCUT2D eigenvalue weighted by atomic mass is 9.81. The van der Waals surface area contributed by atoms with E-state index in [1.165, 1.54) is 12.4 Å². The topological polar surface area (TPSA) is 57.5 Å². The smallest absolute Gasteiger partial charge is 0.399 e. The highest BCUT2D eigenvalue weighted by Gasteiger charge is 2.52. The summed E-state index contributed by atoms with van der Waals surface area (Å²) in [7, 11) is -3.90. The third-order valence-corrected chi connectivity index (χ3v) is 5.31. The fourth-order valence-electron chi connectivity index (χ4n) is 1.76. The molecule has 1 aliphatic heterocycles. The maximum absolute atomic E-state index is 11.5. The number of aromatic nitrogens is 1. The maximum atomic E-state index is 11.5. The van der Waals surface area contributed by atoms with Crippen LogP contribution in [0.15, 0.2) is 16.9 Å². The molecule has 2 heterocycles. The summed E-state index contributed by atoms with van der Waals surface area (Å²) in [5.74, 6) is 0. The van der Waals surface area contributed by atoms with E-state index in [0.717, 1.165) is 10.2 Å². The molecule has 1 fully saturated rings. The van der Waals surface area contributed by atoms with Gasteiger partial charge in [-0.2, -0.15) is 0 Å². The number of halogens is 1. The van der Waals surface area contributed by atoms with Gasteiger partial charge in [-0.1, -0.05) is 0 Å². The zero-order valence-corrected chi connectivity index (χ0v) is 14.0. The van der Waals surface area contributed by atoms with Gasteiger partial charge in [0.15, 0.2) is 0 Å². The zero-order valence-electron chi connectivity index (χ0n) is 11.6. The molecular weight excluding hydrogens is 333 g/mol. The number of hydrogen-bond acceptors (Lipinski definition) is 4. The summed E-state index contributed by atoms with van der Waals surface area (Å²) < 4.78 is 36.6. The van der Waals surface area contributed by atoms with Crippen molar-refractivity contribution in [1.29, 1.82) is 0 Å². The molecule has 0 amide bonds. The van der Waals surface area contributed by atoms with E-state index in [9.17, 15) is 8.42 Å². The first-order chi connectivity index (χ1) is 8.44. The van der Waals surface area contributed by atoms with Gasteiger partial charge in [0.25, 0.3) is 0 Å². The molecule has 0 spiro atoms. The molecule has 0 unspecified atom stereocenters. The lowest BCUT2D eigenvalue weighted by Crippen LogP contribution is -2.41. The van der Waals surface area contributed by atoms with Gasteiger partial charge in [-0.05, 0) is 43.6 Å². The van der Waals surface area contributed by atoms with Crippen LogP contribution in [0.1, 0.15) is 27.7 Å². The Morgan fingerprint density at radius 3 is 2.00 bits per heavy atom. The molecule has 0 bridgehead atoms. The quantitative estimate of drug-likeness (QED) is 0.756. The van der Waals surface area contributed by atoms with Crippen LogP contribution in [0.25, 0.3) is 0 Å². The molecular formula is C11H17BBrNO4S. The molecule has 8 heteroatoms. The minimum Gasteiger partial charge on any atom is -0.399 e. The normalized spacial score (nSPS) is 21.9. The van der Waals surface area contributed by atoms with Gasteiger partial charge >= 0.3 is 7.12 Å². The first-order valence-electron chi connectivity index (χ1n) is 5.88. The van der Waals surface area contributed by atoms with Crippen LogP contribution < -0.4 is 5.46 Å². The predicted octanol–water partition coefficient (Wildman–Crippen LogP) is 1.36. The van der Waals surface area contributed by atoms with Gasteiger partial charge in [-0.15, -0.1) is 0 Å². The van der Waals surface area contributed by atoms with Gasteiger partial charge in [-0.3, -0.25) is 3.97 Å². The van der Waals surface area contributed by atoms with Gasteiger partial charge in [-0.25, -0.2) is 8.42 Å². The van der Waals surface area contributed by atoms with Gasteiger partial charge in [0.1, 0.15) is 0 Å². The molecule has 2 rings (SSSR count). The van der Waals surface area contributed by atoms with E-state index in [-0.39, 0.29) is 0 Å². The first kappa shape index (κ1) is 15.1. The fourth-order valence-corrected chi connectivity index (χ4v) is 3.00. The van der Waals surface area contributed by atoms with Gasteiger partial charge in [0, 0.05) is 22.3 Å². The summed E-state index contributed by atoms with van der Waals surface area (Å²) in [4.78, 5) is 0. The third-order valence-electron chi connectivity index (χ3n) is 3.67.